The van der Waals surface area contributed by atoms with Crippen molar-refractivity contribution in [2.75, 3.05) is 19.7 Å². The largest absolute Gasteiger partial charge is 0.406 e. The van der Waals surface area contributed by atoms with E-state index in [9.17, 15) is 18.0 Å². The van der Waals surface area contributed by atoms with E-state index in [0.29, 0.717) is 4.90 Å². The lowest BCUT2D eigenvalue weighted by Crippen LogP contribution is -2.44. The number of halogens is 3. The smallest absolute Gasteiger partial charge is 0.395 e. The number of thiol groups is 1. The highest BCUT2D eigenvalue weighted by Crippen LogP contribution is 2.18. The molecular weight excluding hydrogens is 291 g/mol. The molecule has 0 saturated carbocycles. The number of hydrogen-bond acceptors (Lipinski definition) is 3. The second-order valence-corrected chi connectivity index (χ2v) is 4.93. The minimum Gasteiger partial charge on any atom is -0.395 e. The van der Waals surface area contributed by atoms with E-state index in [-0.39, 0.29) is 13.0 Å². The number of carbonyl (C=O) groups excluding carboxylic acids is 1. The highest BCUT2D eigenvalue weighted by Gasteiger charge is 2.34. The van der Waals surface area contributed by atoms with Gasteiger partial charge in [-0.05, 0) is 12.0 Å². The first kappa shape index (κ1) is 16.8. The Hall–Kier alpha value is -1.21. The average Bonchev–Trinajstić information content (AvgIpc) is 2.37. The lowest BCUT2D eigenvalue weighted by atomic mass is 10.1. The predicted octanol–water partition coefficient (Wildman–Crippen LogP) is 1.91. The Kier molecular flexibility index (Phi) is 6.35. The number of aliphatic hydroxyl groups excluding tert-OH is 1. The molecule has 1 aromatic rings. The van der Waals surface area contributed by atoms with Gasteiger partial charge in [0.1, 0.15) is 6.54 Å². The zero-order valence-corrected chi connectivity index (χ0v) is 11.6. The monoisotopic (exact) mass is 307 g/mol. The van der Waals surface area contributed by atoms with Gasteiger partial charge in [0.15, 0.2) is 0 Å². The van der Waals surface area contributed by atoms with E-state index >= 15 is 0 Å². The highest BCUT2D eigenvalue weighted by molar-refractivity contribution is 7.81. The van der Waals surface area contributed by atoms with Gasteiger partial charge < -0.3 is 10.0 Å². The molecule has 0 heterocycles. The van der Waals surface area contributed by atoms with Crippen molar-refractivity contribution in [1.29, 1.82) is 0 Å². The topological polar surface area (TPSA) is 40.5 Å². The number of amides is 1. The molecule has 112 valence electrons. The molecule has 0 spiro atoms. The van der Waals surface area contributed by atoms with Gasteiger partial charge in [-0.3, -0.25) is 4.79 Å². The van der Waals surface area contributed by atoms with Gasteiger partial charge in [0.2, 0.25) is 5.91 Å². The van der Waals surface area contributed by atoms with E-state index in [1.807, 2.05) is 0 Å². The van der Waals surface area contributed by atoms with Gasteiger partial charge in [-0.2, -0.15) is 25.8 Å². The van der Waals surface area contributed by atoms with Crippen LogP contribution in [-0.4, -0.2) is 47.0 Å². The summed E-state index contributed by atoms with van der Waals surface area (Å²) < 4.78 is 37.1. The van der Waals surface area contributed by atoms with Crippen LogP contribution in [0.25, 0.3) is 0 Å². The normalized spacial score (nSPS) is 13.1. The molecule has 20 heavy (non-hydrogen) atoms. The highest BCUT2D eigenvalue weighted by atomic mass is 32.1. The number of alkyl halides is 3. The summed E-state index contributed by atoms with van der Waals surface area (Å²) >= 11 is 4.08. The van der Waals surface area contributed by atoms with Gasteiger partial charge in [0.05, 0.1) is 11.9 Å². The van der Waals surface area contributed by atoms with Crippen molar-refractivity contribution in [3.8, 4) is 0 Å². The van der Waals surface area contributed by atoms with Crippen molar-refractivity contribution in [1.82, 2.24) is 4.90 Å². The molecule has 0 bridgehead atoms. The van der Waals surface area contributed by atoms with Gasteiger partial charge in [-0.1, -0.05) is 30.3 Å². The van der Waals surface area contributed by atoms with Crippen LogP contribution in [0.5, 0.6) is 0 Å². The van der Waals surface area contributed by atoms with E-state index in [1.165, 1.54) is 0 Å². The van der Waals surface area contributed by atoms with Gasteiger partial charge in [-0.15, -0.1) is 0 Å². The molecule has 7 heteroatoms. The van der Waals surface area contributed by atoms with Crippen molar-refractivity contribution in [3.05, 3.63) is 35.9 Å². The lowest BCUT2D eigenvalue weighted by Gasteiger charge is -2.25. The number of nitrogens with zero attached hydrogens (tertiary/aromatic N) is 1. The summed E-state index contributed by atoms with van der Waals surface area (Å²) in [5.41, 5.74) is 0.816. The Morgan fingerprint density at radius 2 is 1.90 bits per heavy atom. The number of benzene rings is 1. The summed E-state index contributed by atoms with van der Waals surface area (Å²) in [5, 5.41) is 7.90. The van der Waals surface area contributed by atoms with Gasteiger partial charge in [0.25, 0.3) is 0 Å². The summed E-state index contributed by atoms with van der Waals surface area (Å²) in [6.45, 7) is -2.25. The third-order valence-electron chi connectivity index (χ3n) is 2.61. The molecule has 1 unspecified atom stereocenters. The number of rotatable bonds is 6. The van der Waals surface area contributed by atoms with Crippen LogP contribution in [0.2, 0.25) is 0 Å². The number of carbonyl (C=O) groups is 1. The van der Waals surface area contributed by atoms with Crippen molar-refractivity contribution in [3.63, 3.8) is 0 Å². The Balaban J connectivity index is 2.68. The second-order valence-electron chi connectivity index (χ2n) is 4.30. The van der Waals surface area contributed by atoms with Crippen molar-refractivity contribution < 1.29 is 23.1 Å². The maximum absolute atomic E-state index is 12.4. The molecule has 0 aliphatic rings. The van der Waals surface area contributed by atoms with Crippen LogP contribution < -0.4 is 0 Å². The maximum atomic E-state index is 12.4. The van der Waals surface area contributed by atoms with E-state index in [0.717, 1.165) is 5.56 Å². The van der Waals surface area contributed by atoms with Crippen LogP contribution in [0.3, 0.4) is 0 Å². The third-order valence-corrected chi connectivity index (χ3v) is 3.01. The molecule has 0 radical (unpaired) electrons. The van der Waals surface area contributed by atoms with Gasteiger partial charge in [-0.25, -0.2) is 0 Å². The van der Waals surface area contributed by atoms with Gasteiger partial charge in [0, 0.05) is 6.54 Å². The van der Waals surface area contributed by atoms with E-state index in [2.05, 4.69) is 12.6 Å². The van der Waals surface area contributed by atoms with Crippen LogP contribution in [0.1, 0.15) is 5.56 Å². The van der Waals surface area contributed by atoms with Gasteiger partial charge >= 0.3 is 6.18 Å². The average molecular weight is 307 g/mol. The zero-order valence-electron chi connectivity index (χ0n) is 10.7. The first-order chi connectivity index (χ1) is 9.33. The van der Waals surface area contributed by atoms with Crippen molar-refractivity contribution in [2.24, 2.45) is 0 Å². The van der Waals surface area contributed by atoms with Crippen LogP contribution in [0.4, 0.5) is 13.2 Å². The third kappa shape index (κ3) is 5.83. The standard InChI is InChI=1S/C13H16F3NO2S/c14-13(15,16)9-17(6-7-18)12(19)11(20)8-10-4-2-1-3-5-10/h1-5,11,18,20H,6-9H2. The molecule has 0 fully saturated rings. The molecule has 3 nitrogen and oxygen atoms in total. The second kappa shape index (κ2) is 7.54. The quantitative estimate of drug-likeness (QED) is 0.788. The number of hydrogen-bond donors (Lipinski definition) is 2. The molecule has 0 aliphatic heterocycles. The SMILES string of the molecule is O=C(C(S)Cc1ccccc1)N(CCO)CC(F)(F)F. The molecule has 1 N–H and O–H groups in total. The first-order valence-corrected chi connectivity index (χ1v) is 6.53. The van der Waals surface area contributed by atoms with Crippen LogP contribution >= 0.6 is 12.6 Å². The molecule has 0 aliphatic carbocycles. The molecule has 1 atom stereocenters. The molecular formula is C13H16F3NO2S. The lowest BCUT2D eigenvalue weighted by molar-refractivity contribution is -0.161. The Bertz CT molecular complexity index is 425. The molecule has 1 rings (SSSR count). The van der Waals surface area contributed by atoms with Crippen molar-refractivity contribution in [2.45, 2.75) is 17.8 Å². The summed E-state index contributed by atoms with van der Waals surface area (Å²) in [6, 6.07) is 8.91. The first-order valence-electron chi connectivity index (χ1n) is 6.02. The van der Waals surface area contributed by atoms with E-state index in [1.54, 1.807) is 30.3 Å². The zero-order chi connectivity index (χ0) is 15.2. The van der Waals surface area contributed by atoms with Crippen LogP contribution in [-0.2, 0) is 11.2 Å². The predicted molar refractivity (Wildman–Crippen MR) is 72.6 cm³/mol. The molecule has 1 amide bonds. The van der Waals surface area contributed by atoms with E-state index in [4.69, 9.17) is 5.11 Å². The summed E-state index contributed by atoms with van der Waals surface area (Å²) in [4.78, 5) is 12.5. The molecule has 1 aromatic carbocycles. The molecule has 0 saturated heterocycles. The van der Waals surface area contributed by atoms with Crippen LogP contribution in [0, 0.1) is 0 Å². The minimum atomic E-state index is -4.49. The minimum absolute atomic E-state index is 0.239. The maximum Gasteiger partial charge on any atom is 0.406 e. The van der Waals surface area contributed by atoms with Crippen LogP contribution in [0.15, 0.2) is 30.3 Å². The fraction of sp³-hybridized carbons (Fsp3) is 0.462. The van der Waals surface area contributed by atoms with Crippen molar-refractivity contribution >= 4 is 18.5 Å². The Morgan fingerprint density at radius 1 is 1.30 bits per heavy atom. The number of aliphatic hydroxyl groups is 1. The fourth-order valence-corrected chi connectivity index (χ4v) is 2.11. The summed E-state index contributed by atoms with van der Waals surface area (Å²) in [6.07, 6.45) is -4.26. The van der Waals surface area contributed by atoms with E-state index < -0.39 is 30.5 Å². The Morgan fingerprint density at radius 3 is 2.40 bits per heavy atom. The molecule has 0 aromatic heterocycles. The summed E-state index contributed by atoms with van der Waals surface area (Å²) in [7, 11) is 0. The Labute approximate surface area is 120 Å². The summed E-state index contributed by atoms with van der Waals surface area (Å²) in [5.74, 6) is -0.733. The fourth-order valence-electron chi connectivity index (χ4n) is 1.74.